The molecule has 9 heteroatoms. The van der Waals surface area contributed by atoms with Crippen molar-refractivity contribution in [1.82, 2.24) is 0 Å². The van der Waals surface area contributed by atoms with Gasteiger partial charge in [-0.3, -0.25) is 9.59 Å². The van der Waals surface area contributed by atoms with Crippen molar-refractivity contribution in [2.75, 3.05) is 0 Å². The molecule has 0 heterocycles. The van der Waals surface area contributed by atoms with Crippen LogP contribution in [-0.4, -0.2) is 65.8 Å². The molecule has 4 rings (SSSR count). The predicted molar refractivity (Wildman–Crippen MR) is 166 cm³/mol. The Kier molecular flexibility index (Phi) is 8.77. The standard InChI is InChI=1S/C34H50O8Si/c1-11-33(41-22(4)35)26(37)17-20(2)32(7)18-24(36)27-21(3)25(42-43(8,9)10)19-34(39,31(27,5)6)29(28(32)33)40-30(38)23-15-13-12-14-16-23/h12-16,20,25-26,28-29,37,39H,11,17-19H2,1-10H3/t20-,25-,26+,28?,29?,32+,33-,34+/m0/s1. The number of hydrogen-bond acceptors (Lipinski definition) is 8. The van der Waals surface area contributed by atoms with Crippen LogP contribution in [0.25, 0.3) is 0 Å². The minimum absolute atomic E-state index is 0.0660. The Morgan fingerprint density at radius 3 is 2.23 bits per heavy atom. The molecule has 0 spiro atoms. The van der Waals surface area contributed by atoms with Crippen LogP contribution in [0.2, 0.25) is 19.6 Å². The molecule has 43 heavy (non-hydrogen) atoms. The van der Waals surface area contributed by atoms with Gasteiger partial charge in [-0.25, -0.2) is 4.79 Å². The molecule has 0 radical (unpaired) electrons. The van der Waals surface area contributed by atoms with Crippen molar-refractivity contribution in [2.45, 2.75) is 123 Å². The van der Waals surface area contributed by atoms with E-state index in [0.29, 0.717) is 11.1 Å². The van der Waals surface area contributed by atoms with Gasteiger partial charge in [0.15, 0.2) is 14.1 Å². The zero-order valence-corrected chi connectivity index (χ0v) is 28.4. The Bertz CT molecular complexity index is 1300. The van der Waals surface area contributed by atoms with Gasteiger partial charge in [0.25, 0.3) is 0 Å². The molecular formula is C34H50O8Si. The van der Waals surface area contributed by atoms with Gasteiger partial charge in [0.2, 0.25) is 0 Å². The van der Waals surface area contributed by atoms with Gasteiger partial charge in [-0.15, -0.1) is 0 Å². The van der Waals surface area contributed by atoms with Crippen molar-refractivity contribution in [3.05, 3.63) is 47.0 Å². The maximum absolute atomic E-state index is 14.5. The van der Waals surface area contributed by atoms with E-state index >= 15 is 0 Å². The summed E-state index contributed by atoms with van der Waals surface area (Å²) in [5, 5.41) is 25.0. The van der Waals surface area contributed by atoms with Gasteiger partial charge in [0.05, 0.1) is 17.8 Å². The molecule has 2 saturated carbocycles. The molecule has 2 unspecified atom stereocenters. The molecule has 0 aliphatic heterocycles. The second-order valence-electron chi connectivity index (χ2n) is 14.9. The average Bonchev–Trinajstić information content (AvgIpc) is 2.88. The second kappa shape index (κ2) is 11.2. The van der Waals surface area contributed by atoms with E-state index in [4.69, 9.17) is 13.9 Å². The van der Waals surface area contributed by atoms with Crippen LogP contribution < -0.4 is 0 Å². The van der Waals surface area contributed by atoms with Crippen molar-refractivity contribution < 1.29 is 38.5 Å². The van der Waals surface area contributed by atoms with Crippen LogP contribution in [0.3, 0.4) is 0 Å². The summed E-state index contributed by atoms with van der Waals surface area (Å²) < 4.78 is 19.2. The molecule has 238 valence electrons. The van der Waals surface area contributed by atoms with Crippen molar-refractivity contribution in [1.29, 1.82) is 0 Å². The maximum atomic E-state index is 14.5. The lowest BCUT2D eigenvalue weighted by Gasteiger charge is -2.65. The summed E-state index contributed by atoms with van der Waals surface area (Å²) in [6.07, 6.45) is -2.34. The number of hydrogen-bond donors (Lipinski definition) is 2. The fraction of sp³-hybridized carbons (Fsp3) is 0.676. The number of carbonyl (C=O) groups excluding carboxylic acids is 3. The van der Waals surface area contributed by atoms with Gasteiger partial charge in [0.1, 0.15) is 17.3 Å². The van der Waals surface area contributed by atoms with Crippen LogP contribution in [-0.2, 0) is 23.5 Å². The third kappa shape index (κ3) is 5.44. The number of aliphatic hydroxyl groups excluding tert-OH is 1. The normalized spacial score (nSPS) is 37.6. The molecule has 3 aliphatic rings. The largest absolute Gasteiger partial charge is 0.456 e. The van der Waals surface area contributed by atoms with Crippen LogP contribution in [0.5, 0.6) is 0 Å². The first-order chi connectivity index (χ1) is 19.7. The lowest BCUT2D eigenvalue weighted by molar-refractivity contribution is -0.277. The highest BCUT2D eigenvalue weighted by Gasteiger charge is 2.72. The van der Waals surface area contributed by atoms with E-state index in [-0.39, 0.29) is 37.4 Å². The monoisotopic (exact) mass is 614 g/mol. The van der Waals surface area contributed by atoms with E-state index < -0.39 is 66.5 Å². The Morgan fingerprint density at radius 2 is 1.70 bits per heavy atom. The number of carbonyl (C=O) groups is 3. The minimum Gasteiger partial charge on any atom is -0.456 e. The SMILES string of the molecule is CC[C@@]1(OC(C)=O)C2C(OC(=O)c3ccccc3)[C@]3(O)C[C@H](O[Si](C)(C)C)C(C)=C(C(=O)C[C@]2(C)[C@@H](C)C[C@H]1O)C3(C)C. The fourth-order valence-electron chi connectivity index (χ4n) is 8.48. The fourth-order valence-corrected chi connectivity index (χ4v) is 9.59. The number of fused-ring (bicyclic) bond motifs is 3. The molecule has 3 aliphatic carbocycles. The highest BCUT2D eigenvalue weighted by molar-refractivity contribution is 6.69. The number of benzene rings is 1. The topological polar surface area (TPSA) is 119 Å². The Morgan fingerprint density at radius 1 is 1.09 bits per heavy atom. The van der Waals surface area contributed by atoms with E-state index in [2.05, 4.69) is 19.6 Å². The Balaban J connectivity index is 2.08. The number of Topliss-reactive ketones (excluding diaryl/α,β-unsaturated/α-hetero) is 1. The molecule has 0 aromatic heterocycles. The summed E-state index contributed by atoms with van der Waals surface area (Å²) in [6, 6.07) is 8.57. The molecule has 0 saturated heterocycles. The maximum Gasteiger partial charge on any atom is 0.338 e. The zero-order chi connectivity index (χ0) is 32.3. The molecule has 2 N–H and O–H groups in total. The Labute approximate surface area is 257 Å². The average molecular weight is 615 g/mol. The van der Waals surface area contributed by atoms with E-state index in [9.17, 15) is 24.6 Å². The molecule has 2 bridgehead atoms. The second-order valence-corrected chi connectivity index (χ2v) is 19.3. The summed E-state index contributed by atoms with van der Waals surface area (Å²) in [6.45, 7) is 18.8. The molecule has 1 aromatic carbocycles. The third-order valence-corrected chi connectivity index (χ3v) is 11.8. The smallest absolute Gasteiger partial charge is 0.338 e. The minimum atomic E-state index is -2.17. The van der Waals surface area contributed by atoms with Crippen LogP contribution in [0, 0.1) is 22.7 Å². The van der Waals surface area contributed by atoms with Crippen LogP contribution in [0.15, 0.2) is 41.5 Å². The van der Waals surface area contributed by atoms with Gasteiger partial charge in [0, 0.05) is 36.7 Å². The summed E-state index contributed by atoms with van der Waals surface area (Å²) in [5.41, 5.74) is -3.83. The lowest BCUT2D eigenvalue weighted by atomic mass is 9.44. The number of ether oxygens (including phenoxy) is 2. The summed E-state index contributed by atoms with van der Waals surface area (Å²) >= 11 is 0. The molecular weight excluding hydrogens is 564 g/mol. The van der Waals surface area contributed by atoms with Crippen molar-refractivity contribution >= 4 is 26.0 Å². The van der Waals surface area contributed by atoms with Crippen LogP contribution in [0.1, 0.15) is 84.5 Å². The molecule has 1 aromatic rings. The van der Waals surface area contributed by atoms with E-state index in [0.717, 1.165) is 5.57 Å². The van der Waals surface area contributed by atoms with Crippen LogP contribution in [0.4, 0.5) is 0 Å². The number of ketones is 1. The van der Waals surface area contributed by atoms with E-state index in [1.807, 2.05) is 41.5 Å². The highest BCUT2D eigenvalue weighted by atomic mass is 28.4. The first-order valence-electron chi connectivity index (χ1n) is 15.5. The number of rotatable bonds is 6. The zero-order valence-electron chi connectivity index (χ0n) is 27.4. The van der Waals surface area contributed by atoms with Gasteiger partial charge in [-0.05, 0) is 68.4 Å². The number of esters is 2. The van der Waals surface area contributed by atoms with Gasteiger partial charge < -0.3 is 24.1 Å². The first-order valence-corrected chi connectivity index (χ1v) is 18.9. The summed E-state index contributed by atoms with van der Waals surface area (Å²) in [5.74, 6) is -2.49. The lowest BCUT2D eigenvalue weighted by Crippen LogP contribution is -2.74. The summed E-state index contributed by atoms with van der Waals surface area (Å²) in [4.78, 5) is 41.2. The van der Waals surface area contributed by atoms with E-state index in [1.165, 1.54) is 6.92 Å². The predicted octanol–water partition coefficient (Wildman–Crippen LogP) is 5.62. The van der Waals surface area contributed by atoms with Gasteiger partial charge in [-0.1, -0.05) is 52.8 Å². The third-order valence-electron chi connectivity index (χ3n) is 10.8. The highest BCUT2D eigenvalue weighted by Crippen LogP contribution is 2.64. The number of aliphatic hydroxyl groups is 2. The van der Waals surface area contributed by atoms with Gasteiger partial charge in [-0.2, -0.15) is 0 Å². The van der Waals surface area contributed by atoms with Crippen LogP contribution >= 0.6 is 0 Å². The first kappa shape index (κ1) is 33.6. The van der Waals surface area contributed by atoms with E-state index in [1.54, 1.807) is 30.3 Å². The molecule has 8 atom stereocenters. The van der Waals surface area contributed by atoms with Crippen molar-refractivity contribution in [3.63, 3.8) is 0 Å². The quantitative estimate of drug-likeness (QED) is 0.313. The molecule has 0 amide bonds. The molecule has 2 fully saturated rings. The Hall–Kier alpha value is -2.33. The van der Waals surface area contributed by atoms with Gasteiger partial charge >= 0.3 is 11.9 Å². The van der Waals surface area contributed by atoms with Crippen molar-refractivity contribution in [2.24, 2.45) is 22.7 Å². The molecule has 8 nitrogen and oxygen atoms in total. The van der Waals surface area contributed by atoms with Crippen molar-refractivity contribution in [3.8, 4) is 0 Å². The summed E-state index contributed by atoms with van der Waals surface area (Å²) in [7, 11) is -2.17.